The summed E-state index contributed by atoms with van der Waals surface area (Å²) in [7, 11) is -3.48. The maximum atomic E-state index is 13.2. The van der Waals surface area contributed by atoms with E-state index >= 15 is 0 Å². The topological polar surface area (TPSA) is 97.7 Å². The number of benzene rings is 2. The maximum absolute atomic E-state index is 13.2. The van der Waals surface area contributed by atoms with Crippen LogP contribution in [0.3, 0.4) is 0 Å². The molecular weight excluding hydrogens is 380 g/mol. The Balaban J connectivity index is 2.62. The molecule has 150 valence electrons. The fourth-order valence-electron chi connectivity index (χ4n) is 2.97. The van der Waals surface area contributed by atoms with Gasteiger partial charge >= 0.3 is 5.97 Å². The van der Waals surface area contributed by atoms with E-state index in [1.165, 1.54) is 24.3 Å². The maximum Gasteiger partial charge on any atom is 0.337 e. The summed E-state index contributed by atoms with van der Waals surface area (Å²) in [4.78, 5) is 25.1. The van der Waals surface area contributed by atoms with E-state index in [0.29, 0.717) is 24.0 Å². The molecule has 0 saturated carbocycles. The van der Waals surface area contributed by atoms with Crippen molar-refractivity contribution in [3.05, 3.63) is 64.7 Å². The van der Waals surface area contributed by atoms with Crippen LogP contribution in [-0.4, -0.2) is 38.1 Å². The van der Waals surface area contributed by atoms with Crippen LogP contribution in [0.2, 0.25) is 0 Å². The molecule has 2 aromatic carbocycles. The van der Waals surface area contributed by atoms with E-state index in [1.54, 1.807) is 18.2 Å². The van der Waals surface area contributed by atoms with Gasteiger partial charge in [0.15, 0.2) is 21.7 Å². The number of hydrogen-bond acceptors (Lipinski definition) is 5. The molecule has 0 radical (unpaired) electrons. The summed E-state index contributed by atoms with van der Waals surface area (Å²) in [5.41, 5.74) is 1.40. The summed E-state index contributed by atoms with van der Waals surface area (Å²) < 4.78 is 29.2. The van der Waals surface area contributed by atoms with Crippen molar-refractivity contribution in [2.45, 2.75) is 37.7 Å². The molecule has 0 amide bonds. The van der Waals surface area contributed by atoms with Crippen molar-refractivity contribution in [2.75, 3.05) is 12.9 Å². The Kier molecular flexibility index (Phi) is 7.10. The molecule has 0 aromatic heterocycles. The Labute approximate surface area is 165 Å². The van der Waals surface area contributed by atoms with E-state index in [1.807, 2.05) is 13.8 Å². The van der Waals surface area contributed by atoms with Gasteiger partial charge in [0.05, 0.1) is 4.90 Å². The van der Waals surface area contributed by atoms with E-state index in [4.69, 9.17) is 4.74 Å². The molecule has 0 saturated heterocycles. The molecule has 1 atom stereocenters. The zero-order valence-corrected chi connectivity index (χ0v) is 17.0. The number of rotatable bonds is 9. The zero-order valence-electron chi connectivity index (χ0n) is 16.1. The number of carboxylic acid groups (broad SMARTS) is 1. The quantitative estimate of drug-likeness (QED) is 0.643. The SMILES string of the molecule is CCCOC(C(=O)O)c1c(CC)cccc1C(=O)c1cccc(S(C)(=O)=O)c1. The molecule has 0 aliphatic rings. The Morgan fingerprint density at radius 1 is 1.11 bits per heavy atom. The molecule has 6 nitrogen and oxygen atoms in total. The molecule has 7 heteroatoms. The largest absolute Gasteiger partial charge is 0.479 e. The summed E-state index contributed by atoms with van der Waals surface area (Å²) >= 11 is 0. The fourth-order valence-corrected chi connectivity index (χ4v) is 3.63. The molecule has 0 bridgehead atoms. The number of carbonyl (C=O) groups excluding carboxylic acids is 1. The van der Waals surface area contributed by atoms with Crippen LogP contribution in [0, 0.1) is 0 Å². The lowest BCUT2D eigenvalue weighted by Crippen LogP contribution is -2.21. The third-order valence-electron chi connectivity index (χ3n) is 4.32. The lowest BCUT2D eigenvalue weighted by molar-refractivity contribution is -0.151. The predicted molar refractivity (Wildman–Crippen MR) is 105 cm³/mol. The van der Waals surface area contributed by atoms with Crippen molar-refractivity contribution < 1.29 is 27.9 Å². The van der Waals surface area contributed by atoms with Gasteiger partial charge in [0.1, 0.15) is 0 Å². The molecule has 0 aliphatic carbocycles. The summed E-state index contributed by atoms with van der Waals surface area (Å²) in [6.07, 6.45) is 0.962. The number of aliphatic carboxylic acids is 1. The number of ether oxygens (including phenoxy) is 1. The number of carbonyl (C=O) groups is 2. The second-order valence-corrected chi connectivity index (χ2v) is 8.47. The molecule has 1 N–H and O–H groups in total. The van der Waals surface area contributed by atoms with Crippen LogP contribution in [-0.2, 0) is 25.8 Å². The molecule has 1 unspecified atom stereocenters. The first-order valence-electron chi connectivity index (χ1n) is 9.01. The number of carboxylic acids is 1. The molecule has 2 rings (SSSR count). The molecular formula is C21H24O6S. The van der Waals surface area contributed by atoms with Crippen LogP contribution in [0.25, 0.3) is 0 Å². The zero-order chi connectivity index (χ0) is 20.9. The van der Waals surface area contributed by atoms with E-state index in [9.17, 15) is 23.1 Å². The number of aryl methyl sites for hydroxylation is 1. The van der Waals surface area contributed by atoms with Crippen LogP contribution >= 0.6 is 0 Å². The Morgan fingerprint density at radius 2 is 1.79 bits per heavy atom. The highest BCUT2D eigenvalue weighted by Crippen LogP contribution is 2.29. The third kappa shape index (κ3) is 4.85. The molecule has 0 aliphatic heterocycles. The van der Waals surface area contributed by atoms with E-state index in [2.05, 4.69) is 0 Å². The highest BCUT2D eigenvalue weighted by atomic mass is 32.2. The molecule has 0 fully saturated rings. The Morgan fingerprint density at radius 3 is 2.36 bits per heavy atom. The van der Waals surface area contributed by atoms with E-state index in [-0.39, 0.29) is 22.6 Å². The van der Waals surface area contributed by atoms with Crippen LogP contribution in [0.1, 0.15) is 53.4 Å². The van der Waals surface area contributed by atoms with Crippen molar-refractivity contribution in [3.63, 3.8) is 0 Å². The summed E-state index contributed by atoms with van der Waals surface area (Å²) in [5, 5.41) is 9.69. The third-order valence-corrected chi connectivity index (χ3v) is 5.43. The van der Waals surface area contributed by atoms with Crippen molar-refractivity contribution in [1.82, 2.24) is 0 Å². The van der Waals surface area contributed by atoms with Gasteiger partial charge in [-0.2, -0.15) is 0 Å². The van der Waals surface area contributed by atoms with Crippen molar-refractivity contribution in [3.8, 4) is 0 Å². The summed E-state index contributed by atoms with van der Waals surface area (Å²) in [5.74, 6) is -1.62. The normalized spacial score (nSPS) is 12.5. The second kappa shape index (κ2) is 9.12. The molecule has 0 spiro atoms. The van der Waals surface area contributed by atoms with Crippen LogP contribution < -0.4 is 0 Å². The van der Waals surface area contributed by atoms with Gasteiger partial charge in [-0.1, -0.05) is 44.2 Å². The van der Waals surface area contributed by atoms with Crippen LogP contribution in [0.4, 0.5) is 0 Å². The van der Waals surface area contributed by atoms with Gasteiger partial charge in [0, 0.05) is 29.6 Å². The first-order chi connectivity index (χ1) is 13.2. The van der Waals surface area contributed by atoms with Crippen LogP contribution in [0.5, 0.6) is 0 Å². The van der Waals surface area contributed by atoms with Gasteiger partial charge in [0.2, 0.25) is 0 Å². The number of ketones is 1. The first-order valence-corrected chi connectivity index (χ1v) is 10.9. The van der Waals surface area contributed by atoms with Gasteiger partial charge in [-0.15, -0.1) is 0 Å². The lowest BCUT2D eigenvalue weighted by Gasteiger charge is -2.20. The Bertz CT molecular complexity index is 978. The minimum atomic E-state index is -3.48. The predicted octanol–water partition coefficient (Wildman–Crippen LogP) is 3.44. The van der Waals surface area contributed by atoms with E-state index in [0.717, 1.165) is 6.26 Å². The van der Waals surface area contributed by atoms with Crippen molar-refractivity contribution >= 4 is 21.6 Å². The molecule has 0 heterocycles. The van der Waals surface area contributed by atoms with E-state index < -0.39 is 27.7 Å². The second-order valence-electron chi connectivity index (χ2n) is 6.45. The highest BCUT2D eigenvalue weighted by molar-refractivity contribution is 7.90. The molecule has 28 heavy (non-hydrogen) atoms. The number of hydrogen-bond donors (Lipinski definition) is 1. The lowest BCUT2D eigenvalue weighted by atomic mass is 9.90. The molecule has 2 aromatic rings. The minimum absolute atomic E-state index is 0.0311. The van der Waals surface area contributed by atoms with Gasteiger partial charge in [-0.05, 0) is 30.5 Å². The van der Waals surface area contributed by atoms with Gasteiger partial charge in [-0.3, -0.25) is 4.79 Å². The van der Waals surface area contributed by atoms with Gasteiger partial charge in [0.25, 0.3) is 0 Å². The monoisotopic (exact) mass is 404 g/mol. The average Bonchev–Trinajstić information content (AvgIpc) is 2.67. The average molecular weight is 404 g/mol. The van der Waals surface area contributed by atoms with Crippen LogP contribution in [0.15, 0.2) is 47.4 Å². The van der Waals surface area contributed by atoms with Crippen molar-refractivity contribution in [1.29, 1.82) is 0 Å². The smallest absolute Gasteiger partial charge is 0.337 e. The highest BCUT2D eigenvalue weighted by Gasteiger charge is 2.28. The van der Waals surface area contributed by atoms with Crippen molar-refractivity contribution in [2.24, 2.45) is 0 Å². The Hall–Kier alpha value is -2.51. The minimum Gasteiger partial charge on any atom is -0.479 e. The first kappa shape index (κ1) is 21.8. The van der Waals surface area contributed by atoms with Gasteiger partial charge < -0.3 is 9.84 Å². The number of sulfone groups is 1. The fraction of sp³-hybridized carbons (Fsp3) is 0.333. The summed E-state index contributed by atoms with van der Waals surface area (Å²) in [6.45, 7) is 3.98. The standard InChI is InChI=1S/C21H24O6S/c1-4-12-27-20(21(23)24)18-14(5-2)8-7-11-17(18)19(22)15-9-6-10-16(13-15)28(3,25)26/h6-11,13,20H,4-5,12H2,1-3H3,(H,23,24). The van der Waals surface area contributed by atoms with Gasteiger partial charge in [-0.25, -0.2) is 13.2 Å². The summed E-state index contributed by atoms with van der Waals surface area (Å²) in [6, 6.07) is 10.7.